The average Bonchev–Trinajstić information content (AvgIpc) is 2.56. The van der Waals surface area contributed by atoms with Crippen LogP contribution in [0.1, 0.15) is 45.1 Å². The Kier molecular flexibility index (Phi) is 7.80. The van der Waals surface area contributed by atoms with Gasteiger partial charge in [-0.2, -0.15) is 13.2 Å². The Morgan fingerprint density at radius 2 is 1.77 bits per heavy atom. The molecular formula is C20H22F4O2. The van der Waals surface area contributed by atoms with E-state index in [1.807, 2.05) is 0 Å². The highest BCUT2D eigenvalue weighted by Crippen LogP contribution is 2.33. The van der Waals surface area contributed by atoms with Gasteiger partial charge in [-0.25, -0.2) is 4.39 Å². The van der Waals surface area contributed by atoms with Crippen LogP contribution < -0.4 is 0 Å². The molecule has 1 atom stereocenters. The van der Waals surface area contributed by atoms with Crippen LogP contribution in [0.5, 0.6) is 0 Å². The number of allylic oxidation sites excluding steroid dienone is 6. The molecule has 1 N–H and O–H groups in total. The van der Waals surface area contributed by atoms with Gasteiger partial charge in [-0.3, -0.25) is 4.79 Å². The normalized spacial score (nSPS) is 15.1. The van der Waals surface area contributed by atoms with Gasteiger partial charge in [-0.15, -0.1) is 0 Å². The summed E-state index contributed by atoms with van der Waals surface area (Å²) in [5.74, 6) is -2.24. The van der Waals surface area contributed by atoms with E-state index in [4.69, 9.17) is 5.11 Å². The fourth-order valence-electron chi connectivity index (χ4n) is 2.56. The van der Waals surface area contributed by atoms with Crippen LogP contribution in [0, 0.1) is 5.82 Å². The summed E-state index contributed by atoms with van der Waals surface area (Å²) in [6.07, 6.45) is -0.712. The average molecular weight is 370 g/mol. The molecule has 0 fully saturated rings. The van der Waals surface area contributed by atoms with Gasteiger partial charge in [0.25, 0.3) is 0 Å². The van der Waals surface area contributed by atoms with Crippen molar-refractivity contribution in [2.45, 2.75) is 45.7 Å². The van der Waals surface area contributed by atoms with Crippen molar-refractivity contribution in [3.8, 4) is 0 Å². The number of carbonyl (C=O) groups is 1. The number of hydrogen-bond acceptors (Lipinski definition) is 1. The monoisotopic (exact) mass is 370 g/mol. The second-order valence-corrected chi connectivity index (χ2v) is 5.87. The third-order valence-corrected chi connectivity index (χ3v) is 4.12. The van der Waals surface area contributed by atoms with Crippen molar-refractivity contribution in [2.75, 3.05) is 0 Å². The Hall–Kier alpha value is -2.37. The summed E-state index contributed by atoms with van der Waals surface area (Å²) in [5, 5.41) is 9.16. The van der Waals surface area contributed by atoms with Crippen molar-refractivity contribution < 1.29 is 27.5 Å². The van der Waals surface area contributed by atoms with E-state index in [0.29, 0.717) is 11.1 Å². The van der Waals surface area contributed by atoms with Crippen LogP contribution in [-0.4, -0.2) is 17.3 Å². The van der Waals surface area contributed by atoms with E-state index in [0.717, 1.165) is 6.08 Å². The van der Waals surface area contributed by atoms with Crippen molar-refractivity contribution in [3.63, 3.8) is 0 Å². The lowest BCUT2D eigenvalue weighted by molar-refractivity contribution is -0.137. The van der Waals surface area contributed by atoms with Gasteiger partial charge in [0.2, 0.25) is 0 Å². The van der Waals surface area contributed by atoms with Crippen LogP contribution in [0.15, 0.2) is 59.2 Å². The second-order valence-electron chi connectivity index (χ2n) is 5.87. The van der Waals surface area contributed by atoms with Gasteiger partial charge in [-0.05, 0) is 49.6 Å². The summed E-state index contributed by atoms with van der Waals surface area (Å²) in [7, 11) is 0. The summed E-state index contributed by atoms with van der Waals surface area (Å²) >= 11 is 0. The van der Waals surface area contributed by atoms with Gasteiger partial charge in [0.15, 0.2) is 0 Å². The third kappa shape index (κ3) is 6.17. The lowest BCUT2D eigenvalue weighted by Crippen LogP contribution is -2.13. The van der Waals surface area contributed by atoms with Crippen LogP contribution in [0.3, 0.4) is 0 Å². The molecule has 0 aliphatic heterocycles. The van der Waals surface area contributed by atoms with Gasteiger partial charge < -0.3 is 5.11 Å². The lowest BCUT2D eigenvalue weighted by Gasteiger charge is -2.18. The zero-order chi connectivity index (χ0) is 19.9. The number of benzene rings is 1. The van der Waals surface area contributed by atoms with Crippen molar-refractivity contribution in [1.29, 1.82) is 0 Å². The lowest BCUT2D eigenvalue weighted by atomic mass is 9.87. The molecule has 0 aliphatic rings. The summed E-state index contributed by atoms with van der Waals surface area (Å²) in [4.78, 5) is 11.2. The minimum absolute atomic E-state index is 0.195. The van der Waals surface area contributed by atoms with E-state index in [9.17, 15) is 22.4 Å². The Labute approximate surface area is 150 Å². The summed E-state index contributed by atoms with van der Waals surface area (Å²) in [6, 6.07) is 5.28. The molecule has 0 bridgehead atoms. The molecular weight excluding hydrogens is 348 g/mol. The quantitative estimate of drug-likeness (QED) is 0.460. The number of carboxylic acids is 1. The molecule has 26 heavy (non-hydrogen) atoms. The van der Waals surface area contributed by atoms with Gasteiger partial charge in [0.1, 0.15) is 5.82 Å². The maximum absolute atomic E-state index is 13.2. The molecule has 0 aliphatic carbocycles. The van der Waals surface area contributed by atoms with Crippen LogP contribution in [0.4, 0.5) is 17.6 Å². The third-order valence-electron chi connectivity index (χ3n) is 4.12. The van der Waals surface area contributed by atoms with E-state index in [-0.39, 0.29) is 18.4 Å². The van der Waals surface area contributed by atoms with Crippen molar-refractivity contribution >= 4 is 5.97 Å². The molecule has 0 aromatic heterocycles. The van der Waals surface area contributed by atoms with E-state index < -0.39 is 29.5 Å². The number of aliphatic carboxylic acids is 1. The summed E-state index contributed by atoms with van der Waals surface area (Å²) in [5.41, 5.74) is 0.397. The standard InChI is InChI=1S/C20H22F4O2/c1-4-13(3)18(20(22,23)24)11-8-14(5-2)17(12-19(25)26)15-6-9-16(21)10-7-15/h5-11,17H,4,12H2,1-3H3,(H,25,26)/b11-8-,14-5+,18-13?/t17-/m1/s1. The fourth-order valence-corrected chi connectivity index (χ4v) is 2.56. The van der Waals surface area contributed by atoms with Crippen molar-refractivity contribution in [3.05, 3.63) is 70.6 Å². The van der Waals surface area contributed by atoms with Crippen molar-refractivity contribution in [2.24, 2.45) is 0 Å². The molecule has 0 radical (unpaired) electrons. The molecule has 1 aromatic rings. The molecule has 0 saturated heterocycles. The predicted octanol–water partition coefficient (Wildman–Crippen LogP) is 6.18. The zero-order valence-electron chi connectivity index (χ0n) is 14.9. The van der Waals surface area contributed by atoms with E-state index in [1.54, 1.807) is 19.9 Å². The molecule has 6 heteroatoms. The highest BCUT2D eigenvalue weighted by atomic mass is 19.4. The first kappa shape index (κ1) is 21.7. The van der Waals surface area contributed by atoms with Crippen molar-refractivity contribution in [1.82, 2.24) is 0 Å². The largest absolute Gasteiger partial charge is 0.481 e. The molecule has 0 unspecified atom stereocenters. The number of carboxylic acid groups (broad SMARTS) is 1. The molecule has 1 rings (SSSR count). The van der Waals surface area contributed by atoms with E-state index in [1.165, 1.54) is 37.3 Å². The first-order chi connectivity index (χ1) is 12.1. The molecule has 2 nitrogen and oxygen atoms in total. The topological polar surface area (TPSA) is 37.3 Å². The predicted molar refractivity (Wildman–Crippen MR) is 93.3 cm³/mol. The fraction of sp³-hybridized carbons (Fsp3) is 0.350. The van der Waals surface area contributed by atoms with Gasteiger partial charge >= 0.3 is 12.1 Å². The Morgan fingerprint density at radius 1 is 1.19 bits per heavy atom. The molecule has 0 spiro atoms. The first-order valence-electron chi connectivity index (χ1n) is 8.18. The number of hydrogen-bond donors (Lipinski definition) is 1. The Balaban J connectivity index is 3.30. The number of alkyl halides is 3. The minimum atomic E-state index is -4.49. The Morgan fingerprint density at radius 3 is 2.19 bits per heavy atom. The second kappa shape index (κ2) is 9.36. The molecule has 0 heterocycles. The SMILES string of the molecule is C/C=C(\C=C/C(=C(C)CC)C(F)(F)F)[C@@H](CC(=O)O)c1ccc(F)cc1. The van der Waals surface area contributed by atoms with Crippen LogP contribution in [0.25, 0.3) is 0 Å². The molecule has 1 aromatic carbocycles. The van der Waals surface area contributed by atoms with Gasteiger partial charge in [-0.1, -0.05) is 36.8 Å². The van der Waals surface area contributed by atoms with Gasteiger partial charge in [0.05, 0.1) is 12.0 Å². The highest BCUT2D eigenvalue weighted by molar-refractivity contribution is 5.69. The van der Waals surface area contributed by atoms with E-state index in [2.05, 4.69) is 0 Å². The summed E-state index contributed by atoms with van der Waals surface area (Å²) in [6.45, 7) is 4.68. The van der Waals surface area contributed by atoms with Crippen LogP contribution >= 0.6 is 0 Å². The minimum Gasteiger partial charge on any atom is -0.481 e. The Bertz CT molecular complexity index is 710. The smallest absolute Gasteiger partial charge is 0.416 e. The maximum Gasteiger partial charge on any atom is 0.416 e. The van der Waals surface area contributed by atoms with Crippen LogP contribution in [-0.2, 0) is 4.79 Å². The first-order valence-corrected chi connectivity index (χ1v) is 8.18. The van der Waals surface area contributed by atoms with E-state index >= 15 is 0 Å². The highest BCUT2D eigenvalue weighted by Gasteiger charge is 2.33. The zero-order valence-corrected chi connectivity index (χ0v) is 14.9. The summed E-state index contributed by atoms with van der Waals surface area (Å²) < 4.78 is 52.8. The number of rotatable bonds is 7. The molecule has 0 amide bonds. The van der Waals surface area contributed by atoms with Gasteiger partial charge in [0, 0.05) is 5.92 Å². The number of halogens is 4. The maximum atomic E-state index is 13.2. The molecule has 142 valence electrons. The molecule has 0 saturated carbocycles. The van der Waals surface area contributed by atoms with Crippen LogP contribution in [0.2, 0.25) is 0 Å².